The van der Waals surface area contributed by atoms with Crippen LogP contribution in [0.5, 0.6) is 0 Å². The Morgan fingerprint density at radius 1 is 1.41 bits per heavy atom. The van der Waals surface area contributed by atoms with E-state index in [0.717, 1.165) is 48.6 Å². The molecule has 2 heterocycles. The Labute approximate surface area is 108 Å². The largest absolute Gasteiger partial charge is 0.356 e. The minimum absolute atomic E-state index is 0.719. The van der Waals surface area contributed by atoms with Crippen molar-refractivity contribution in [3.63, 3.8) is 0 Å². The van der Waals surface area contributed by atoms with E-state index in [1.165, 1.54) is 12.8 Å². The molecule has 1 atom stereocenters. The molecule has 2 rings (SSSR count). The Bertz CT molecular complexity index is 359. The Morgan fingerprint density at radius 2 is 2.24 bits per heavy atom. The third-order valence-electron chi connectivity index (χ3n) is 3.31. The summed E-state index contributed by atoms with van der Waals surface area (Å²) < 4.78 is 0. The van der Waals surface area contributed by atoms with Crippen molar-refractivity contribution in [1.82, 2.24) is 9.97 Å². The number of alkyl halides is 1. The van der Waals surface area contributed by atoms with Gasteiger partial charge in [0.15, 0.2) is 0 Å². The fraction of sp³-hybridized carbons (Fsp3) is 0.692. The molecule has 0 aliphatic carbocycles. The molecule has 0 saturated carbocycles. The molecular formula is C13H20ClN3. The molecule has 1 unspecified atom stereocenters. The van der Waals surface area contributed by atoms with Crippen LogP contribution in [-0.4, -0.2) is 28.9 Å². The van der Waals surface area contributed by atoms with Gasteiger partial charge in [0.25, 0.3) is 0 Å². The van der Waals surface area contributed by atoms with Crippen LogP contribution in [-0.2, 0) is 0 Å². The molecule has 17 heavy (non-hydrogen) atoms. The van der Waals surface area contributed by atoms with Gasteiger partial charge in [-0.3, -0.25) is 0 Å². The number of halogens is 1. The number of hydrogen-bond donors (Lipinski definition) is 0. The molecule has 1 aliphatic heterocycles. The smallest absolute Gasteiger partial charge is 0.132 e. The van der Waals surface area contributed by atoms with Crippen LogP contribution in [0.25, 0.3) is 0 Å². The van der Waals surface area contributed by atoms with Crippen LogP contribution in [0.4, 0.5) is 5.82 Å². The fourth-order valence-electron chi connectivity index (χ4n) is 2.52. The van der Waals surface area contributed by atoms with E-state index in [2.05, 4.69) is 20.9 Å². The topological polar surface area (TPSA) is 29.0 Å². The molecular weight excluding hydrogens is 234 g/mol. The van der Waals surface area contributed by atoms with Crippen molar-refractivity contribution < 1.29 is 0 Å². The van der Waals surface area contributed by atoms with E-state index in [9.17, 15) is 0 Å². The minimum Gasteiger partial charge on any atom is -0.356 e. The Balaban J connectivity index is 2.10. The van der Waals surface area contributed by atoms with Gasteiger partial charge in [0.1, 0.15) is 11.6 Å². The zero-order chi connectivity index (χ0) is 12.3. The second-order valence-electron chi connectivity index (χ2n) is 4.85. The van der Waals surface area contributed by atoms with Crippen LogP contribution in [0.2, 0.25) is 0 Å². The number of hydrogen-bond acceptors (Lipinski definition) is 3. The third kappa shape index (κ3) is 3.32. The first-order valence-corrected chi connectivity index (χ1v) is 6.85. The van der Waals surface area contributed by atoms with Crippen molar-refractivity contribution in [1.29, 1.82) is 0 Å². The number of piperidine rings is 1. The second kappa shape index (κ2) is 5.67. The summed E-state index contributed by atoms with van der Waals surface area (Å²) in [4.78, 5) is 11.2. The molecule has 0 N–H and O–H groups in total. The predicted octanol–water partition coefficient (Wildman–Crippen LogP) is 2.94. The van der Waals surface area contributed by atoms with Gasteiger partial charge in [-0.05, 0) is 39.0 Å². The zero-order valence-electron chi connectivity index (χ0n) is 10.6. The van der Waals surface area contributed by atoms with Crippen molar-refractivity contribution in [3.05, 3.63) is 17.6 Å². The van der Waals surface area contributed by atoms with Gasteiger partial charge < -0.3 is 4.90 Å². The van der Waals surface area contributed by atoms with Crippen LogP contribution < -0.4 is 4.90 Å². The number of aromatic nitrogens is 2. The summed E-state index contributed by atoms with van der Waals surface area (Å²) in [7, 11) is 0. The highest BCUT2D eigenvalue weighted by atomic mass is 35.5. The van der Waals surface area contributed by atoms with Gasteiger partial charge >= 0.3 is 0 Å². The third-order valence-corrected chi connectivity index (χ3v) is 3.53. The van der Waals surface area contributed by atoms with E-state index in [-0.39, 0.29) is 0 Å². The molecule has 1 saturated heterocycles. The maximum Gasteiger partial charge on any atom is 0.132 e. The molecule has 3 nitrogen and oxygen atoms in total. The quantitative estimate of drug-likeness (QED) is 0.776. The maximum atomic E-state index is 5.83. The standard InChI is InChI=1S/C13H20ClN3/c1-10-8-13(16-11(2)15-10)17-7-3-4-12(9-17)5-6-14/h8,12H,3-7,9H2,1-2H3. The number of anilines is 1. The van der Waals surface area contributed by atoms with Crippen molar-refractivity contribution in [2.75, 3.05) is 23.9 Å². The van der Waals surface area contributed by atoms with Gasteiger partial charge in [-0.15, -0.1) is 11.6 Å². The molecule has 0 radical (unpaired) electrons. The first kappa shape index (κ1) is 12.6. The first-order chi connectivity index (χ1) is 8.19. The first-order valence-electron chi connectivity index (χ1n) is 6.32. The lowest BCUT2D eigenvalue weighted by Crippen LogP contribution is -2.36. The number of nitrogens with zero attached hydrogens (tertiary/aromatic N) is 3. The lowest BCUT2D eigenvalue weighted by molar-refractivity contribution is 0.404. The summed E-state index contributed by atoms with van der Waals surface area (Å²) in [5.74, 6) is 3.42. The summed E-state index contributed by atoms with van der Waals surface area (Å²) >= 11 is 5.83. The van der Waals surface area contributed by atoms with E-state index in [4.69, 9.17) is 11.6 Å². The molecule has 1 aliphatic rings. The molecule has 0 amide bonds. The van der Waals surface area contributed by atoms with Crippen LogP contribution in [0, 0.1) is 19.8 Å². The highest BCUT2D eigenvalue weighted by Gasteiger charge is 2.20. The zero-order valence-corrected chi connectivity index (χ0v) is 11.4. The summed E-state index contributed by atoms with van der Waals surface area (Å²) in [6.45, 7) is 6.17. The average molecular weight is 254 g/mol. The summed E-state index contributed by atoms with van der Waals surface area (Å²) in [5, 5.41) is 0. The lowest BCUT2D eigenvalue weighted by atomic mass is 9.95. The molecule has 1 fully saturated rings. The Hall–Kier alpha value is -0.830. The van der Waals surface area contributed by atoms with Crippen LogP contribution >= 0.6 is 11.6 Å². The normalized spacial score (nSPS) is 20.6. The van der Waals surface area contributed by atoms with E-state index in [1.54, 1.807) is 0 Å². The van der Waals surface area contributed by atoms with Crippen molar-refractivity contribution in [2.45, 2.75) is 33.1 Å². The monoisotopic (exact) mass is 253 g/mol. The molecule has 0 spiro atoms. The Morgan fingerprint density at radius 3 is 2.94 bits per heavy atom. The lowest BCUT2D eigenvalue weighted by Gasteiger charge is -2.33. The highest BCUT2D eigenvalue weighted by Crippen LogP contribution is 2.24. The summed E-state index contributed by atoms with van der Waals surface area (Å²) in [5.41, 5.74) is 1.05. The summed E-state index contributed by atoms with van der Waals surface area (Å²) in [6.07, 6.45) is 3.65. The molecule has 94 valence electrons. The second-order valence-corrected chi connectivity index (χ2v) is 5.22. The van der Waals surface area contributed by atoms with Crippen molar-refractivity contribution in [2.24, 2.45) is 5.92 Å². The number of rotatable bonds is 3. The fourth-order valence-corrected chi connectivity index (χ4v) is 2.83. The average Bonchev–Trinajstić information content (AvgIpc) is 2.28. The predicted molar refractivity (Wildman–Crippen MR) is 71.8 cm³/mol. The molecule has 0 aromatic carbocycles. The van der Waals surface area contributed by atoms with E-state index < -0.39 is 0 Å². The van der Waals surface area contributed by atoms with Crippen LogP contribution in [0.15, 0.2) is 6.07 Å². The van der Waals surface area contributed by atoms with Gasteiger partial charge in [0.2, 0.25) is 0 Å². The summed E-state index contributed by atoms with van der Waals surface area (Å²) in [6, 6.07) is 2.08. The van der Waals surface area contributed by atoms with Crippen molar-refractivity contribution >= 4 is 17.4 Å². The number of aryl methyl sites for hydroxylation is 2. The maximum absolute atomic E-state index is 5.83. The molecule has 1 aromatic heterocycles. The van der Waals surface area contributed by atoms with Gasteiger partial charge in [0, 0.05) is 30.7 Å². The highest BCUT2D eigenvalue weighted by molar-refractivity contribution is 6.17. The van der Waals surface area contributed by atoms with Gasteiger partial charge in [-0.2, -0.15) is 0 Å². The SMILES string of the molecule is Cc1cc(N2CCCC(CCCl)C2)nc(C)n1. The van der Waals surface area contributed by atoms with Gasteiger partial charge in [0.05, 0.1) is 0 Å². The van der Waals surface area contributed by atoms with Crippen LogP contribution in [0.3, 0.4) is 0 Å². The minimum atomic E-state index is 0.719. The van der Waals surface area contributed by atoms with E-state index >= 15 is 0 Å². The molecule has 4 heteroatoms. The molecule has 0 bridgehead atoms. The van der Waals surface area contributed by atoms with Gasteiger partial charge in [-0.1, -0.05) is 0 Å². The Kier molecular flexibility index (Phi) is 4.21. The van der Waals surface area contributed by atoms with E-state index in [0.29, 0.717) is 0 Å². The van der Waals surface area contributed by atoms with Gasteiger partial charge in [-0.25, -0.2) is 9.97 Å². The van der Waals surface area contributed by atoms with Crippen molar-refractivity contribution in [3.8, 4) is 0 Å². The van der Waals surface area contributed by atoms with E-state index in [1.807, 2.05) is 13.8 Å². The van der Waals surface area contributed by atoms with Crippen LogP contribution in [0.1, 0.15) is 30.8 Å². The molecule has 1 aromatic rings.